The molecule has 2 rings (SSSR count). The van der Waals surface area contributed by atoms with Gasteiger partial charge in [-0.2, -0.15) is 0 Å². The zero-order valence-corrected chi connectivity index (χ0v) is 12.5. The second-order valence-corrected chi connectivity index (χ2v) is 7.49. The van der Waals surface area contributed by atoms with Crippen LogP contribution >= 0.6 is 0 Å². The number of rotatable bonds is 4. The Morgan fingerprint density at radius 1 is 1.57 bits per heavy atom. The van der Waals surface area contributed by atoms with Gasteiger partial charge >= 0.3 is 0 Å². The first-order valence-electron chi connectivity index (χ1n) is 6.49. The van der Waals surface area contributed by atoms with Gasteiger partial charge in [-0.15, -0.1) is 0 Å². The molecule has 8 heteroatoms. The summed E-state index contributed by atoms with van der Waals surface area (Å²) in [4.78, 5) is 1.84. The van der Waals surface area contributed by atoms with Gasteiger partial charge in [-0.25, -0.2) is 12.8 Å². The molecule has 6 nitrogen and oxygen atoms in total. The van der Waals surface area contributed by atoms with Crippen LogP contribution in [0.1, 0.15) is 17.5 Å². The Balaban J connectivity index is 2.10. The van der Waals surface area contributed by atoms with Gasteiger partial charge in [0.1, 0.15) is 5.82 Å². The van der Waals surface area contributed by atoms with E-state index in [1.54, 1.807) is 19.2 Å². The number of hydrogen-bond acceptors (Lipinski definition) is 5. The van der Waals surface area contributed by atoms with Crippen LogP contribution in [-0.4, -0.2) is 49.0 Å². The molecule has 1 aromatic carbocycles. The highest BCUT2D eigenvalue weighted by Crippen LogP contribution is 2.20. The Hall–Kier alpha value is -1.67. The van der Waals surface area contributed by atoms with E-state index in [-0.39, 0.29) is 23.4 Å². The largest absolute Gasteiger partial charge is 0.409 e. The maximum Gasteiger partial charge on any atom is 0.170 e. The van der Waals surface area contributed by atoms with Crippen molar-refractivity contribution in [3.05, 3.63) is 35.1 Å². The zero-order chi connectivity index (χ0) is 15.6. The van der Waals surface area contributed by atoms with Crippen LogP contribution < -0.4 is 5.73 Å². The number of nitrogens with zero attached hydrogens (tertiary/aromatic N) is 2. The molecule has 1 unspecified atom stereocenters. The minimum atomic E-state index is -2.96. The molecule has 0 radical (unpaired) electrons. The molecule has 0 amide bonds. The Kier molecular flexibility index (Phi) is 4.48. The standard InChI is InChI=1S/C13H18FN3O3S/c1-17(11-4-5-21(19,20)8-11)7-10-3-2-9(6-12(10)14)13(15)16-18/h2-3,6,11,18H,4-5,7-8H2,1H3,(H2,15,16). The highest BCUT2D eigenvalue weighted by atomic mass is 32.2. The highest BCUT2D eigenvalue weighted by molar-refractivity contribution is 7.91. The fraction of sp³-hybridized carbons (Fsp3) is 0.462. The van der Waals surface area contributed by atoms with Gasteiger partial charge in [0.05, 0.1) is 11.5 Å². The fourth-order valence-electron chi connectivity index (χ4n) is 2.41. The third-order valence-electron chi connectivity index (χ3n) is 3.71. The van der Waals surface area contributed by atoms with Crippen molar-refractivity contribution < 1.29 is 18.0 Å². The highest BCUT2D eigenvalue weighted by Gasteiger charge is 2.30. The Morgan fingerprint density at radius 3 is 2.81 bits per heavy atom. The summed E-state index contributed by atoms with van der Waals surface area (Å²) in [7, 11) is -1.18. The molecule has 1 aliphatic rings. The van der Waals surface area contributed by atoms with Crippen LogP contribution in [0.25, 0.3) is 0 Å². The van der Waals surface area contributed by atoms with Gasteiger partial charge in [-0.1, -0.05) is 17.3 Å². The van der Waals surface area contributed by atoms with E-state index in [2.05, 4.69) is 5.16 Å². The van der Waals surface area contributed by atoms with Crippen LogP contribution in [0.2, 0.25) is 0 Å². The second kappa shape index (κ2) is 5.98. The van der Waals surface area contributed by atoms with Crippen molar-refractivity contribution in [1.29, 1.82) is 0 Å². The molecule has 0 aliphatic carbocycles. The van der Waals surface area contributed by atoms with Crippen molar-refractivity contribution in [2.45, 2.75) is 19.0 Å². The lowest BCUT2D eigenvalue weighted by Crippen LogP contribution is -2.32. The van der Waals surface area contributed by atoms with Crippen molar-refractivity contribution in [2.24, 2.45) is 10.9 Å². The van der Waals surface area contributed by atoms with E-state index in [1.165, 1.54) is 6.07 Å². The van der Waals surface area contributed by atoms with Gasteiger partial charge in [-0.3, -0.25) is 4.90 Å². The van der Waals surface area contributed by atoms with Gasteiger partial charge in [0.2, 0.25) is 0 Å². The lowest BCUT2D eigenvalue weighted by molar-refractivity contribution is 0.250. The lowest BCUT2D eigenvalue weighted by atomic mass is 10.1. The van der Waals surface area contributed by atoms with Gasteiger partial charge in [0.15, 0.2) is 15.7 Å². The second-order valence-electron chi connectivity index (χ2n) is 5.26. The summed E-state index contributed by atoms with van der Waals surface area (Å²) in [5.74, 6) is -0.317. The molecular formula is C13H18FN3O3S. The molecule has 1 saturated heterocycles. The SMILES string of the molecule is CN(Cc1ccc(/C(N)=N/O)cc1F)C1CCS(=O)(=O)C1. The number of hydrogen-bond donors (Lipinski definition) is 2. The van der Waals surface area contributed by atoms with Gasteiger partial charge in [0, 0.05) is 23.7 Å². The molecule has 1 aromatic rings. The van der Waals surface area contributed by atoms with Crippen molar-refractivity contribution in [3.63, 3.8) is 0 Å². The van der Waals surface area contributed by atoms with Crippen molar-refractivity contribution in [1.82, 2.24) is 4.90 Å². The zero-order valence-electron chi connectivity index (χ0n) is 11.7. The molecule has 1 atom stereocenters. The van der Waals surface area contributed by atoms with Gasteiger partial charge < -0.3 is 10.9 Å². The summed E-state index contributed by atoms with van der Waals surface area (Å²) in [6.45, 7) is 0.308. The number of benzene rings is 1. The first-order valence-corrected chi connectivity index (χ1v) is 8.31. The summed E-state index contributed by atoms with van der Waals surface area (Å²) in [6, 6.07) is 4.23. The minimum Gasteiger partial charge on any atom is -0.409 e. The smallest absolute Gasteiger partial charge is 0.170 e. The van der Waals surface area contributed by atoms with Crippen LogP contribution in [0.5, 0.6) is 0 Å². The number of halogens is 1. The van der Waals surface area contributed by atoms with Crippen LogP contribution in [-0.2, 0) is 16.4 Å². The lowest BCUT2D eigenvalue weighted by Gasteiger charge is -2.23. The normalized spacial score (nSPS) is 21.9. The number of sulfone groups is 1. The summed E-state index contributed by atoms with van der Waals surface area (Å²) < 4.78 is 36.9. The average Bonchev–Trinajstić information content (AvgIpc) is 2.80. The van der Waals surface area contributed by atoms with E-state index in [0.717, 1.165) is 0 Å². The van der Waals surface area contributed by atoms with E-state index in [1.807, 2.05) is 4.90 Å². The molecule has 0 spiro atoms. The number of oxime groups is 1. The molecule has 21 heavy (non-hydrogen) atoms. The Bertz CT molecular complexity index is 661. The molecule has 0 saturated carbocycles. The minimum absolute atomic E-state index is 0.0850. The molecule has 1 aliphatic heterocycles. The van der Waals surface area contributed by atoms with Crippen molar-refractivity contribution in [2.75, 3.05) is 18.6 Å². The van der Waals surface area contributed by atoms with Crippen LogP contribution in [0.3, 0.4) is 0 Å². The maximum atomic E-state index is 14.0. The Labute approximate surface area is 123 Å². The third-order valence-corrected chi connectivity index (χ3v) is 5.46. The van der Waals surface area contributed by atoms with Crippen LogP contribution in [0.4, 0.5) is 4.39 Å². The molecule has 0 aromatic heterocycles. The summed E-state index contributed by atoms with van der Waals surface area (Å²) in [5.41, 5.74) is 6.14. The van der Waals surface area contributed by atoms with E-state index in [9.17, 15) is 12.8 Å². The third kappa shape index (κ3) is 3.70. The molecule has 1 heterocycles. The van der Waals surface area contributed by atoms with E-state index < -0.39 is 15.7 Å². The predicted molar refractivity (Wildman–Crippen MR) is 77.4 cm³/mol. The topological polar surface area (TPSA) is 96.0 Å². The van der Waals surface area contributed by atoms with E-state index in [4.69, 9.17) is 10.9 Å². The first-order chi connectivity index (χ1) is 9.82. The fourth-order valence-corrected chi connectivity index (χ4v) is 4.22. The number of nitrogens with two attached hydrogens (primary N) is 1. The molecular weight excluding hydrogens is 297 g/mol. The maximum absolute atomic E-state index is 14.0. The molecule has 3 N–H and O–H groups in total. The summed E-state index contributed by atoms with van der Waals surface area (Å²) >= 11 is 0. The van der Waals surface area contributed by atoms with E-state index >= 15 is 0 Å². The molecule has 0 bridgehead atoms. The summed E-state index contributed by atoms with van der Waals surface area (Å²) in [5, 5.41) is 11.4. The van der Waals surface area contributed by atoms with Crippen LogP contribution in [0, 0.1) is 5.82 Å². The molecule has 116 valence electrons. The van der Waals surface area contributed by atoms with Crippen molar-refractivity contribution >= 4 is 15.7 Å². The summed E-state index contributed by atoms with van der Waals surface area (Å²) in [6.07, 6.45) is 0.572. The van der Waals surface area contributed by atoms with Gasteiger partial charge in [-0.05, 0) is 19.5 Å². The van der Waals surface area contributed by atoms with Gasteiger partial charge in [0.25, 0.3) is 0 Å². The van der Waals surface area contributed by atoms with E-state index in [0.29, 0.717) is 24.1 Å². The predicted octanol–water partition coefficient (Wildman–Crippen LogP) is 0.539. The molecule has 1 fully saturated rings. The van der Waals surface area contributed by atoms with Crippen LogP contribution in [0.15, 0.2) is 23.4 Å². The Morgan fingerprint density at radius 2 is 2.29 bits per heavy atom. The number of amidine groups is 1. The monoisotopic (exact) mass is 315 g/mol. The quantitative estimate of drug-likeness (QED) is 0.366. The average molecular weight is 315 g/mol. The van der Waals surface area contributed by atoms with Crippen molar-refractivity contribution in [3.8, 4) is 0 Å². The first kappa shape index (κ1) is 15.7.